The van der Waals surface area contributed by atoms with Crippen LogP contribution in [0, 0.1) is 6.92 Å². The van der Waals surface area contributed by atoms with Gasteiger partial charge in [-0.05, 0) is 31.9 Å². The average Bonchev–Trinajstić information content (AvgIpc) is 2.43. The number of nitrogens with one attached hydrogen (secondary N) is 1. The fraction of sp³-hybridized carbons (Fsp3) is 0.615. The van der Waals surface area contributed by atoms with Crippen LogP contribution < -0.4 is 5.32 Å². The zero-order valence-electron chi connectivity index (χ0n) is 11.7. The molecule has 1 aromatic heterocycles. The molecule has 0 bridgehead atoms. The van der Waals surface area contributed by atoms with Crippen molar-refractivity contribution in [2.75, 3.05) is 19.4 Å². The molecule has 0 spiro atoms. The highest BCUT2D eigenvalue weighted by Gasteiger charge is 2.17. The van der Waals surface area contributed by atoms with Gasteiger partial charge in [0.1, 0.15) is 6.04 Å². The summed E-state index contributed by atoms with van der Waals surface area (Å²) in [6.07, 6.45) is 5.28. The third kappa shape index (κ3) is 6.02. The number of methoxy groups -OCH3 is 1. The quantitative estimate of drug-likeness (QED) is 0.446. The number of hydrogen-bond donors (Lipinski definition) is 1. The van der Waals surface area contributed by atoms with Crippen LogP contribution in [-0.4, -0.2) is 41.4 Å². The van der Waals surface area contributed by atoms with Crippen molar-refractivity contribution >= 4 is 17.7 Å². The van der Waals surface area contributed by atoms with Crippen LogP contribution >= 0.6 is 11.8 Å². The summed E-state index contributed by atoms with van der Waals surface area (Å²) in [4.78, 5) is 20.0. The van der Waals surface area contributed by atoms with Crippen molar-refractivity contribution < 1.29 is 9.53 Å². The number of carbonyl (C=O) groups is 1. The number of rotatable bonds is 8. The molecule has 6 heteroatoms. The predicted molar refractivity (Wildman–Crippen MR) is 76.2 cm³/mol. The fourth-order valence-corrected chi connectivity index (χ4v) is 2.28. The first kappa shape index (κ1) is 15.9. The summed E-state index contributed by atoms with van der Waals surface area (Å²) in [7, 11) is 1.42. The molecule has 0 radical (unpaired) electrons. The second-order valence-electron chi connectivity index (χ2n) is 4.21. The normalized spacial score (nSPS) is 12.2. The summed E-state index contributed by atoms with van der Waals surface area (Å²) >= 11 is 1.55. The van der Waals surface area contributed by atoms with E-state index < -0.39 is 0 Å². The van der Waals surface area contributed by atoms with E-state index in [4.69, 9.17) is 4.74 Å². The maximum Gasteiger partial charge on any atom is 0.322 e. The van der Waals surface area contributed by atoms with E-state index in [1.54, 1.807) is 24.2 Å². The highest BCUT2D eigenvalue weighted by molar-refractivity contribution is 7.99. The van der Waals surface area contributed by atoms with E-state index in [0.29, 0.717) is 6.42 Å². The number of thioether (sulfide) groups is 1. The molecule has 1 unspecified atom stereocenters. The van der Waals surface area contributed by atoms with E-state index in [9.17, 15) is 4.79 Å². The molecule has 1 rings (SSSR count). The van der Waals surface area contributed by atoms with Gasteiger partial charge in [0.05, 0.1) is 7.11 Å². The van der Waals surface area contributed by atoms with Gasteiger partial charge in [-0.3, -0.25) is 4.79 Å². The van der Waals surface area contributed by atoms with E-state index in [2.05, 4.69) is 22.2 Å². The smallest absolute Gasteiger partial charge is 0.322 e. The molecule has 0 aliphatic carbocycles. The van der Waals surface area contributed by atoms with E-state index in [0.717, 1.165) is 29.4 Å². The van der Waals surface area contributed by atoms with Gasteiger partial charge in [0.2, 0.25) is 0 Å². The van der Waals surface area contributed by atoms with Gasteiger partial charge in [-0.15, -0.1) is 0 Å². The monoisotopic (exact) mass is 283 g/mol. The Labute approximate surface area is 118 Å². The lowest BCUT2D eigenvalue weighted by Gasteiger charge is -2.15. The minimum Gasteiger partial charge on any atom is -0.468 e. The Kier molecular flexibility index (Phi) is 7.43. The van der Waals surface area contributed by atoms with Crippen LogP contribution in [0.3, 0.4) is 0 Å². The fourth-order valence-electron chi connectivity index (χ4n) is 1.49. The maximum absolute atomic E-state index is 11.6. The van der Waals surface area contributed by atoms with Crippen LogP contribution in [0.15, 0.2) is 17.6 Å². The highest BCUT2D eigenvalue weighted by atomic mass is 32.2. The molecule has 0 aliphatic rings. The van der Waals surface area contributed by atoms with E-state index in [1.807, 2.05) is 6.92 Å². The molecule has 0 saturated heterocycles. The van der Waals surface area contributed by atoms with Crippen LogP contribution in [0.5, 0.6) is 0 Å². The van der Waals surface area contributed by atoms with Crippen molar-refractivity contribution in [2.45, 2.75) is 37.9 Å². The number of ether oxygens (including phenoxy) is 1. The molecular weight excluding hydrogens is 262 g/mol. The van der Waals surface area contributed by atoms with Gasteiger partial charge >= 0.3 is 5.97 Å². The molecule has 19 heavy (non-hydrogen) atoms. The van der Waals surface area contributed by atoms with Crippen LogP contribution in [0.2, 0.25) is 0 Å². The molecule has 0 aromatic carbocycles. The molecular formula is C13H21N3O2S. The Bertz CT molecular complexity index is 384. The van der Waals surface area contributed by atoms with Crippen LogP contribution in [0.25, 0.3) is 0 Å². The molecule has 1 N–H and O–H groups in total. The first-order chi connectivity index (χ1) is 9.17. The molecule has 0 amide bonds. The van der Waals surface area contributed by atoms with Crippen molar-refractivity contribution in [3.63, 3.8) is 0 Å². The third-order valence-corrected chi connectivity index (χ3v) is 3.43. The second-order valence-corrected chi connectivity index (χ2v) is 5.27. The zero-order valence-corrected chi connectivity index (χ0v) is 12.5. The third-order valence-electron chi connectivity index (χ3n) is 2.52. The van der Waals surface area contributed by atoms with Gasteiger partial charge in [-0.25, -0.2) is 9.97 Å². The van der Waals surface area contributed by atoms with Gasteiger partial charge < -0.3 is 10.1 Å². The Hall–Kier alpha value is -1.14. The minimum atomic E-state index is -0.247. The summed E-state index contributed by atoms with van der Waals surface area (Å²) in [5, 5.41) is 3.93. The Morgan fingerprint density at radius 3 is 2.74 bits per heavy atom. The Balaban J connectivity index is 2.38. The molecule has 5 nitrogen and oxygen atoms in total. The van der Waals surface area contributed by atoms with E-state index >= 15 is 0 Å². The largest absolute Gasteiger partial charge is 0.468 e. The Morgan fingerprint density at radius 2 is 2.16 bits per heavy atom. The first-order valence-corrected chi connectivity index (χ1v) is 7.38. The van der Waals surface area contributed by atoms with Crippen molar-refractivity contribution in [3.05, 3.63) is 18.0 Å². The standard InChI is InChI=1S/C13H21N3O2S/c1-4-6-14-11(12(17)18-3)5-7-19-13-15-8-10(2)9-16-13/h8-9,11,14H,4-7H2,1-3H3. The van der Waals surface area contributed by atoms with Crippen molar-refractivity contribution in [1.29, 1.82) is 0 Å². The van der Waals surface area contributed by atoms with Gasteiger partial charge in [0.15, 0.2) is 5.16 Å². The highest BCUT2D eigenvalue weighted by Crippen LogP contribution is 2.14. The van der Waals surface area contributed by atoms with Crippen LogP contribution in [-0.2, 0) is 9.53 Å². The topological polar surface area (TPSA) is 64.1 Å². The van der Waals surface area contributed by atoms with Gasteiger partial charge in [0.25, 0.3) is 0 Å². The van der Waals surface area contributed by atoms with Gasteiger partial charge in [-0.2, -0.15) is 0 Å². The van der Waals surface area contributed by atoms with Crippen molar-refractivity contribution in [3.8, 4) is 0 Å². The van der Waals surface area contributed by atoms with Gasteiger partial charge in [0, 0.05) is 18.1 Å². The van der Waals surface area contributed by atoms with Crippen LogP contribution in [0.4, 0.5) is 0 Å². The van der Waals surface area contributed by atoms with E-state index in [-0.39, 0.29) is 12.0 Å². The second kappa shape index (κ2) is 8.87. The molecule has 1 aromatic rings. The van der Waals surface area contributed by atoms with E-state index in [1.165, 1.54) is 7.11 Å². The average molecular weight is 283 g/mol. The summed E-state index contributed by atoms with van der Waals surface area (Å²) in [6.45, 7) is 4.83. The zero-order chi connectivity index (χ0) is 14.1. The lowest BCUT2D eigenvalue weighted by atomic mass is 10.2. The van der Waals surface area contributed by atoms with Crippen molar-refractivity contribution in [1.82, 2.24) is 15.3 Å². The minimum absolute atomic E-state index is 0.209. The number of carbonyl (C=O) groups excluding carboxylic acids is 1. The maximum atomic E-state index is 11.6. The number of nitrogens with zero attached hydrogens (tertiary/aromatic N) is 2. The molecule has 0 saturated carbocycles. The molecule has 1 atom stereocenters. The summed E-state index contributed by atoms with van der Waals surface area (Å²) in [5.74, 6) is 0.568. The number of hydrogen-bond acceptors (Lipinski definition) is 6. The van der Waals surface area contributed by atoms with Gasteiger partial charge in [-0.1, -0.05) is 18.7 Å². The molecule has 0 aliphatic heterocycles. The number of esters is 1. The number of aryl methyl sites for hydroxylation is 1. The first-order valence-electron chi connectivity index (χ1n) is 6.40. The lowest BCUT2D eigenvalue weighted by molar-refractivity contribution is -0.143. The van der Waals surface area contributed by atoms with Crippen LogP contribution in [0.1, 0.15) is 25.3 Å². The predicted octanol–water partition coefficient (Wildman–Crippen LogP) is 1.81. The Morgan fingerprint density at radius 1 is 1.47 bits per heavy atom. The molecule has 106 valence electrons. The number of aromatic nitrogens is 2. The summed E-state index contributed by atoms with van der Waals surface area (Å²) in [6, 6.07) is -0.247. The SMILES string of the molecule is CCCNC(CCSc1ncc(C)cn1)C(=O)OC. The molecule has 0 fully saturated rings. The lowest BCUT2D eigenvalue weighted by Crippen LogP contribution is -2.38. The molecule has 1 heterocycles. The van der Waals surface area contributed by atoms with Crippen molar-refractivity contribution in [2.24, 2.45) is 0 Å². The summed E-state index contributed by atoms with van der Waals surface area (Å²) < 4.78 is 4.79. The summed E-state index contributed by atoms with van der Waals surface area (Å²) in [5.41, 5.74) is 1.04.